The quantitative estimate of drug-likeness (QED) is 0.287. The topological polar surface area (TPSA) is 118 Å². The lowest BCUT2D eigenvalue weighted by molar-refractivity contribution is 0.0950. The van der Waals surface area contributed by atoms with E-state index in [2.05, 4.69) is 62.8 Å². The fourth-order valence-corrected chi connectivity index (χ4v) is 5.98. The number of aromatic nitrogens is 1. The molecule has 2 aromatic carbocycles. The number of anilines is 1. The van der Waals surface area contributed by atoms with Crippen molar-refractivity contribution in [3.8, 4) is 11.1 Å². The van der Waals surface area contributed by atoms with Crippen LogP contribution in [0.3, 0.4) is 0 Å². The van der Waals surface area contributed by atoms with Crippen molar-refractivity contribution in [3.05, 3.63) is 86.3 Å². The van der Waals surface area contributed by atoms with Crippen molar-refractivity contribution >= 4 is 17.7 Å². The normalized spacial score (nSPS) is 16.7. The highest BCUT2D eigenvalue weighted by Crippen LogP contribution is 2.34. The summed E-state index contributed by atoms with van der Waals surface area (Å²) in [5.74, 6) is -0.234. The van der Waals surface area contributed by atoms with Gasteiger partial charge in [-0.05, 0) is 107 Å². The minimum atomic E-state index is -0.981. The van der Waals surface area contributed by atoms with Gasteiger partial charge in [-0.3, -0.25) is 9.59 Å². The number of amides is 2. The molecule has 4 rings (SSSR count). The van der Waals surface area contributed by atoms with Gasteiger partial charge in [-0.15, -0.1) is 0 Å². The van der Waals surface area contributed by atoms with Gasteiger partial charge >= 0.3 is 6.09 Å². The predicted molar refractivity (Wildman–Crippen MR) is 167 cm³/mol. The van der Waals surface area contributed by atoms with E-state index in [1.165, 1.54) is 5.56 Å². The molecular weight excluding hydrogens is 530 g/mol. The number of nitrogens with one attached hydrogen (secondary N) is 3. The fourth-order valence-electron chi connectivity index (χ4n) is 5.98. The Kier molecular flexibility index (Phi) is 9.73. The van der Waals surface area contributed by atoms with Gasteiger partial charge in [0.1, 0.15) is 0 Å². The number of aromatic amines is 1. The lowest BCUT2D eigenvalue weighted by atomic mass is 9.89. The Morgan fingerprint density at radius 3 is 2.21 bits per heavy atom. The van der Waals surface area contributed by atoms with E-state index in [0.29, 0.717) is 11.1 Å². The van der Waals surface area contributed by atoms with E-state index in [1.807, 2.05) is 47.0 Å². The zero-order valence-corrected chi connectivity index (χ0v) is 25.5. The van der Waals surface area contributed by atoms with Crippen molar-refractivity contribution in [2.24, 2.45) is 0 Å². The van der Waals surface area contributed by atoms with Crippen LogP contribution in [0.2, 0.25) is 0 Å². The van der Waals surface area contributed by atoms with Crippen molar-refractivity contribution in [2.45, 2.75) is 71.6 Å². The summed E-state index contributed by atoms with van der Waals surface area (Å²) in [5, 5.41) is 14.7. The van der Waals surface area contributed by atoms with Crippen molar-refractivity contribution in [1.82, 2.24) is 20.5 Å². The molecule has 3 aromatic rings. The van der Waals surface area contributed by atoms with Crippen LogP contribution in [0.15, 0.2) is 47.3 Å². The molecular formula is C33H43N5O4. The van der Waals surface area contributed by atoms with Gasteiger partial charge in [0.25, 0.3) is 11.5 Å². The maximum absolute atomic E-state index is 13.7. The van der Waals surface area contributed by atoms with Crippen LogP contribution in [0.1, 0.15) is 64.0 Å². The number of hydrogen-bond donors (Lipinski definition) is 4. The number of H-pyrrole nitrogens is 1. The average Bonchev–Trinajstić information content (AvgIpc) is 2.92. The molecule has 0 unspecified atom stereocenters. The molecule has 1 aliphatic carbocycles. The number of benzene rings is 2. The van der Waals surface area contributed by atoms with E-state index in [9.17, 15) is 14.4 Å². The van der Waals surface area contributed by atoms with E-state index < -0.39 is 6.09 Å². The third-order valence-corrected chi connectivity index (χ3v) is 8.28. The first-order valence-corrected chi connectivity index (χ1v) is 14.5. The zero-order chi connectivity index (χ0) is 30.6. The Hall–Kier alpha value is -4.11. The van der Waals surface area contributed by atoms with Gasteiger partial charge in [-0.2, -0.15) is 0 Å². The van der Waals surface area contributed by atoms with Crippen LogP contribution in [0.25, 0.3) is 11.1 Å². The fraction of sp³-hybridized carbons (Fsp3) is 0.424. The average molecular weight is 574 g/mol. The van der Waals surface area contributed by atoms with E-state index in [4.69, 9.17) is 5.11 Å². The number of carbonyl (C=O) groups excluding carboxylic acids is 1. The van der Waals surface area contributed by atoms with Gasteiger partial charge in [0, 0.05) is 54.7 Å². The minimum absolute atomic E-state index is 0.0324. The monoisotopic (exact) mass is 573 g/mol. The molecule has 9 nitrogen and oxygen atoms in total. The van der Waals surface area contributed by atoms with Gasteiger partial charge in [0.15, 0.2) is 0 Å². The second-order valence-electron chi connectivity index (χ2n) is 11.8. The summed E-state index contributed by atoms with van der Waals surface area (Å²) < 4.78 is 0. The highest BCUT2D eigenvalue weighted by Gasteiger charge is 2.27. The Morgan fingerprint density at radius 1 is 0.952 bits per heavy atom. The van der Waals surface area contributed by atoms with Gasteiger partial charge in [0.05, 0.1) is 0 Å². The van der Waals surface area contributed by atoms with Crippen molar-refractivity contribution in [2.75, 3.05) is 26.0 Å². The molecule has 0 aliphatic heterocycles. The Morgan fingerprint density at radius 2 is 1.62 bits per heavy atom. The van der Waals surface area contributed by atoms with Crippen LogP contribution in [0.5, 0.6) is 0 Å². The van der Waals surface area contributed by atoms with E-state index >= 15 is 0 Å². The largest absolute Gasteiger partial charge is 0.465 e. The number of hydrogen-bond acceptors (Lipinski definition) is 5. The molecule has 0 atom stereocenters. The van der Waals surface area contributed by atoms with Crippen molar-refractivity contribution < 1.29 is 14.7 Å². The first-order valence-electron chi connectivity index (χ1n) is 14.5. The molecule has 4 N–H and O–H groups in total. The molecule has 0 bridgehead atoms. The summed E-state index contributed by atoms with van der Waals surface area (Å²) in [6.07, 6.45) is 2.25. The highest BCUT2D eigenvalue weighted by atomic mass is 16.4. The maximum Gasteiger partial charge on any atom is 0.404 e. The third kappa shape index (κ3) is 7.39. The molecule has 0 saturated heterocycles. The molecule has 1 aromatic heterocycles. The maximum atomic E-state index is 13.7. The number of rotatable bonds is 9. The summed E-state index contributed by atoms with van der Waals surface area (Å²) >= 11 is 0. The summed E-state index contributed by atoms with van der Waals surface area (Å²) in [6.45, 7) is 6.66. The van der Waals surface area contributed by atoms with Crippen LogP contribution >= 0.6 is 0 Å². The molecule has 2 amide bonds. The molecule has 42 heavy (non-hydrogen) atoms. The number of carboxylic acid groups (broad SMARTS) is 1. The van der Waals surface area contributed by atoms with Gasteiger partial charge in [-0.25, -0.2) is 4.79 Å². The summed E-state index contributed by atoms with van der Waals surface area (Å²) in [6, 6.07) is 14.6. The van der Waals surface area contributed by atoms with E-state index in [0.717, 1.165) is 65.9 Å². The molecule has 0 radical (unpaired) electrons. The second kappa shape index (κ2) is 13.2. The van der Waals surface area contributed by atoms with Gasteiger partial charge in [-0.1, -0.05) is 24.3 Å². The summed E-state index contributed by atoms with van der Waals surface area (Å²) in [4.78, 5) is 44.5. The van der Waals surface area contributed by atoms with Crippen LogP contribution in [0, 0.1) is 20.8 Å². The Labute approximate surface area is 247 Å². The Bertz CT molecular complexity index is 1490. The molecule has 1 fully saturated rings. The SMILES string of the molecule is Cc1cc(C)c(CNC(=O)c2cc(-c3ccc(CN(C)C)cc3)cc(N(C)[C@H]3CC[C@H](NC(=O)O)CC3)c2C)c(=O)[nH]1. The number of aryl methyl sites for hydroxylation is 2. The molecule has 9 heteroatoms. The molecule has 1 saturated carbocycles. The zero-order valence-electron chi connectivity index (χ0n) is 25.5. The third-order valence-electron chi connectivity index (χ3n) is 8.28. The highest BCUT2D eigenvalue weighted by molar-refractivity contribution is 5.99. The number of carbonyl (C=O) groups is 2. The minimum Gasteiger partial charge on any atom is -0.465 e. The van der Waals surface area contributed by atoms with Gasteiger partial charge < -0.3 is 30.5 Å². The van der Waals surface area contributed by atoms with E-state index in [1.54, 1.807) is 0 Å². The van der Waals surface area contributed by atoms with Crippen molar-refractivity contribution in [1.29, 1.82) is 0 Å². The molecule has 1 heterocycles. The first kappa shape index (κ1) is 30.8. The summed E-state index contributed by atoms with van der Waals surface area (Å²) in [7, 11) is 6.13. The Balaban J connectivity index is 1.66. The molecule has 1 aliphatic rings. The summed E-state index contributed by atoms with van der Waals surface area (Å²) in [5.41, 5.74) is 7.54. The standard InChI is InChI=1S/C33H43N5O4/c1-20-15-21(2)35-32(40)29(20)18-34-31(39)28-16-25(24-9-7-23(8-10-24)19-37(4)5)17-30(22(28)3)38(6)27-13-11-26(12-14-27)36-33(41)42/h7-10,15-17,26-27,36H,11-14,18-19H2,1-6H3,(H,34,39)(H,35,40)(H,41,42)/t26-,27-. The van der Waals surface area contributed by atoms with E-state index in [-0.39, 0.29) is 30.1 Å². The second-order valence-corrected chi connectivity index (χ2v) is 11.8. The van der Waals surface area contributed by atoms with Crippen LogP contribution in [-0.2, 0) is 13.1 Å². The van der Waals surface area contributed by atoms with Crippen molar-refractivity contribution in [3.63, 3.8) is 0 Å². The lowest BCUT2D eigenvalue weighted by Gasteiger charge is -2.37. The first-order chi connectivity index (χ1) is 19.9. The number of pyridine rings is 1. The van der Waals surface area contributed by atoms with Crippen LogP contribution < -0.4 is 21.1 Å². The molecule has 0 spiro atoms. The number of nitrogens with zero attached hydrogens (tertiary/aromatic N) is 2. The smallest absolute Gasteiger partial charge is 0.404 e. The molecule has 224 valence electrons. The lowest BCUT2D eigenvalue weighted by Crippen LogP contribution is -2.42. The predicted octanol–water partition coefficient (Wildman–Crippen LogP) is 4.97. The van der Waals surface area contributed by atoms with Gasteiger partial charge in [0.2, 0.25) is 0 Å². The van der Waals surface area contributed by atoms with Crippen LogP contribution in [0.4, 0.5) is 10.5 Å². The van der Waals surface area contributed by atoms with Crippen LogP contribution in [-0.4, -0.2) is 60.2 Å².